The smallest absolute Gasteiger partial charge is 0.231 e. The molecule has 0 aliphatic carbocycles. The number of aliphatic hydroxyl groups excluding tert-OH is 1. The molecule has 3 nitrogen and oxygen atoms in total. The summed E-state index contributed by atoms with van der Waals surface area (Å²) in [7, 11) is 0. The second-order valence-corrected chi connectivity index (χ2v) is 4.49. The lowest BCUT2D eigenvalue weighted by Gasteiger charge is -2.14. The molecule has 3 heteroatoms. The molecule has 17 heavy (non-hydrogen) atoms. The van der Waals surface area contributed by atoms with Crippen molar-refractivity contribution in [1.82, 2.24) is 0 Å². The van der Waals surface area contributed by atoms with E-state index in [1.54, 1.807) is 0 Å². The summed E-state index contributed by atoms with van der Waals surface area (Å²) in [5.74, 6) is 1.83. The molecule has 0 bridgehead atoms. The first-order chi connectivity index (χ1) is 8.35. The highest BCUT2D eigenvalue weighted by Gasteiger charge is 2.17. The number of rotatable bonds is 6. The first-order valence-corrected chi connectivity index (χ1v) is 6.35. The fourth-order valence-electron chi connectivity index (χ4n) is 2.17. The zero-order chi connectivity index (χ0) is 12.1. The van der Waals surface area contributed by atoms with Crippen molar-refractivity contribution in [3.63, 3.8) is 0 Å². The monoisotopic (exact) mass is 236 g/mol. The number of hydrogen-bond donors (Lipinski definition) is 1. The fraction of sp³-hybridized carbons (Fsp3) is 0.571. The summed E-state index contributed by atoms with van der Waals surface area (Å²) in [6.45, 7) is 2.69. The van der Waals surface area contributed by atoms with E-state index in [9.17, 15) is 5.11 Å². The van der Waals surface area contributed by atoms with Gasteiger partial charge >= 0.3 is 0 Å². The number of unbranched alkanes of at least 4 members (excludes halogenated alkanes) is 2. The van der Waals surface area contributed by atoms with E-state index in [-0.39, 0.29) is 12.5 Å². The minimum atomic E-state index is 0.198. The van der Waals surface area contributed by atoms with Crippen LogP contribution in [0.5, 0.6) is 11.5 Å². The Bertz CT molecular complexity index is 362. The largest absolute Gasteiger partial charge is 0.454 e. The van der Waals surface area contributed by atoms with Crippen LogP contribution in [-0.2, 0) is 0 Å². The van der Waals surface area contributed by atoms with Gasteiger partial charge in [0.2, 0.25) is 6.79 Å². The Hall–Kier alpha value is -1.22. The number of hydrogen-bond acceptors (Lipinski definition) is 3. The summed E-state index contributed by atoms with van der Waals surface area (Å²) in [6.07, 6.45) is 4.63. The molecule has 0 saturated heterocycles. The van der Waals surface area contributed by atoms with E-state index in [0.29, 0.717) is 6.79 Å². The normalized spacial score (nSPS) is 14.9. The van der Waals surface area contributed by atoms with Crippen molar-refractivity contribution in [3.8, 4) is 11.5 Å². The third-order valence-corrected chi connectivity index (χ3v) is 3.24. The second-order valence-electron chi connectivity index (χ2n) is 4.49. The molecule has 94 valence electrons. The number of fused-ring (bicyclic) bond motifs is 1. The average Bonchev–Trinajstić information content (AvgIpc) is 2.82. The van der Waals surface area contributed by atoms with E-state index in [1.165, 1.54) is 12.8 Å². The first-order valence-electron chi connectivity index (χ1n) is 6.35. The molecule has 1 aromatic rings. The third kappa shape index (κ3) is 2.91. The van der Waals surface area contributed by atoms with Gasteiger partial charge in [0.05, 0.1) is 0 Å². The predicted molar refractivity (Wildman–Crippen MR) is 66.5 cm³/mol. The van der Waals surface area contributed by atoms with Gasteiger partial charge in [-0.25, -0.2) is 0 Å². The molecule has 1 atom stereocenters. The van der Waals surface area contributed by atoms with E-state index in [0.717, 1.165) is 29.9 Å². The standard InChI is InChI=1S/C14H20O3/c1-2-3-4-5-12(9-15)11-6-7-13-14(8-11)17-10-16-13/h6-8,12,15H,2-5,9-10H2,1H3. The van der Waals surface area contributed by atoms with E-state index in [4.69, 9.17) is 9.47 Å². The van der Waals surface area contributed by atoms with Crippen molar-refractivity contribution >= 4 is 0 Å². The van der Waals surface area contributed by atoms with Gasteiger partial charge in [0, 0.05) is 12.5 Å². The van der Waals surface area contributed by atoms with Crippen LogP contribution in [0.15, 0.2) is 18.2 Å². The zero-order valence-electron chi connectivity index (χ0n) is 10.3. The topological polar surface area (TPSA) is 38.7 Å². The summed E-state index contributed by atoms with van der Waals surface area (Å²) >= 11 is 0. The van der Waals surface area contributed by atoms with Gasteiger partial charge in [0.25, 0.3) is 0 Å². The summed E-state index contributed by atoms with van der Waals surface area (Å²) in [5.41, 5.74) is 1.15. The molecule has 0 aromatic heterocycles. The van der Waals surface area contributed by atoms with E-state index in [2.05, 4.69) is 6.92 Å². The van der Waals surface area contributed by atoms with Crippen LogP contribution < -0.4 is 9.47 Å². The molecule has 1 unspecified atom stereocenters. The van der Waals surface area contributed by atoms with Gasteiger partial charge in [-0.15, -0.1) is 0 Å². The van der Waals surface area contributed by atoms with Crippen LogP contribution in [0.1, 0.15) is 44.1 Å². The Balaban J connectivity index is 2.03. The van der Waals surface area contributed by atoms with Gasteiger partial charge in [-0.1, -0.05) is 32.3 Å². The SMILES string of the molecule is CCCCCC(CO)c1ccc2c(c1)OCO2. The fourth-order valence-corrected chi connectivity index (χ4v) is 2.17. The van der Waals surface area contributed by atoms with Gasteiger partial charge in [-0.05, 0) is 24.1 Å². The highest BCUT2D eigenvalue weighted by Crippen LogP contribution is 2.35. The van der Waals surface area contributed by atoms with Crippen molar-refractivity contribution < 1.29 is 14.6 Å². The maximum Gasteiger partial charge on any atom is 0.231 e. The molecule has 0 saturated carbocycles. The van der Waals surface area contributed by atoms with Gasteiger partial charge in [0.1, 0.15) is 0 Å². The first kappa shape index (κ1) is 12.2. The number of benzene rings is 1. The Kier molecular flexibility index (Phi) is 4.26. The lowest BCUT2D eigenvalue weighted by atomic mass is 9.93. The van der Waals surface area contributed by atoms with Crippen LogP contribution >= 0.6 is 0 Å². The molecule has 1 aliphatic rings. The van der Waals surface area contributed by atoms with Crippen molar-refractivity contribution in [1.29, 1.82) is 0 Å². The molecule has 0 spiro atoms. The van der Waals surface area contributed by atoms with Gasteiger partial charge in [-0.3, -0.25) is 0 Å². The van der Waals surface area contributed by atoms with Gasteiger partial charge < -0.3 is 14.6 Å². The molecular formula is C14H20O3. The average molecular weight is 236 g/mol. The summed E-state index contributed by atoms with van der Waals surface area (Å²) in [6, 6.07) is 5.95. The van der Waals surface area contributed by atoms with E-state index >= 15 is 0 Å². The zero-order valence-corrected chi connectivity index (χ0v) is 10.3. The molecule has 1 aliphatic heterocycles. The molecular weight excluding hydrogens is 216 g/mol. The minimum absolute atomic E-state index is 0.198. The maximum absolute atomic E-state index is 9.46. The van der Waals surface area contributed by atoms with Crippen molar-refractivity contribution in [2.45, 2.75) is 38.5 Å². The third-order valence-electron chi connectivity index (χ3n) is 3.24. The van der Waals surface area contributed by atoms with Crippen LogP contribution in [0, 0.1) is 0 Å². The molecule has 0 radical (unpaired) electrons. The van der Waals surface area contributed by atoms with Crippen LogP contribution in [0.3, 0.4) is 0 Å². The quantitative estimate of drug-likeness (QED) is 0.771. The highest BCUT2D eigenvalue weighted by molar-refractivity contribution is 5.45. The van der Waals surface area contributed by atoms with Crippen molar-refractivity contribution in [2.75, 3.05) is 13.4 Å². The lowest BCUT2D eigenvalue weighted by Crippen LogP contribution is -2.04. The Morgan fingerprint density at radius 3 is 2.82 bits per heavy atom. The van der Waals surface area contributed by atoms with Crippen LogP contribution in [0.2, 0.25) is 0 Å². The summed E-state index contributed by atoms with van der Waals surface area (Å²) < 4.78 is 10.6. The van der Waals surface area contributed by atoms with E-state index in [1.807, 2.05) is 18.2 Å². The molecule has 2 rings (SSSR count). The molecule has 1 N–H and O–H groups in total. The Morgan fingerprint density at radius 2 is 2.06 bits per heavy atom. The predicted octanol–water partition coefficient (Wildman–Crippen LogP) is 3.07. The maximum atomic E-state index is 9.46. The molecule has 0 amide bonds. The number of aliphatic hydroxyl groups is 1. The second kappa shape index (κ2) is 5.92. The minimum Gasteiger partial charge on any atom is -0.454 e. The van der Waals surface area contributed by atoms with E-state index < -0.39 is 0 Å². The highest BCUT2D eigenvalue weighted by atomic mass is 16.7. The van der Waals surface area contributed by atoms with Crippen molar-refractivity contribution in [2.24, 2.45) is 0 Å². The summed E-state index contributed by atoms with van der Waals surface area (Å²) in [4.78, 5) is 0. The van der Waals surface area contributed by atoms with Crippen LogP contribution in [0.25, 0.3) is 0 Å². The Labute approximate surface area is 102 Å². The summed E-state index contributed by atoms with van der Waals surface area (Å²) in [5, 5.41) is 9.46. The number of ether oxygens (including phenoxy) is 2. The van der Waals surface area contributed by atoms with Gasteiger partial charge in [0.15, 0.2) is 11.5 Å². The van der Waals surface area contributed by atoms with Crippen molar-refractivity contribution in [3.05, 3.63) is 23.8 Å². The Morgan fingerprint density at radius 1 is 1.24 bits per heavy atom. The lowest BCUT2D eigenvalue weighted by molar-refractivity contribution is 0.174. The van der Waals surface area contributed by atoms with Crippen LogP contribution in [0.4, 0.5) is 0 Å². The molecule has 1 aromatic carbocycles. The molecule has 0 fully saturated rings. The van der Waals surface area contributed by atoms with Gasteiger partial charge in [-0.2, -0.15) is 0 Å². The molecule has 1 heterocycles. The van der Waals surface area contributed by atoms with Crippen LogP contribution in [-0.4, -0.2) is 18.5 Å².